The van der Waals surface area contributed by atoms with Crippen LogP contribution < -0.4 is 10.6 Å². The molecule has 0 aliphatic carbocycles. The van der Waals surface area contributed by atoms with Crippen LogP contribution in [0.2, 0.25) is 0 Å². The van der Waals surface area contributed by atoms with Gasteiger partial charge < -0.3 is 5.32 Å². The van der Waals surface area contributed by atoms with E-state index in [1.807, 2.05) is 6.92 Å². The summed E-state index contributed by atoms with van der Waals surface area (Å²) in [5.74, 6) is 0.102. The summed E-state index contributed by atoms with van der Waals surface area (Å²) in [6, 6.07) is -0.295. The van der Waals surface area contributed by atoms with Crippen LogP contribution in [0, 0.1) is 0 Å². The Kier molecular flexibility index (Phi) is 4.61. The number of urea groups is 1. The van der Waals surface area contributed by atoms with Crippen LogP contribution in [0.4, 0.5) is 9.93 Å². The van der Waals surface area contributed by atoms with E-state index in [4.69, 9.17) is 0 Å². The highest BCUT2D eigenvalue weighted by Crippen LogP contribution is 2.29. The fourth-order valence-corrected chi connectivity index (χ4v) is 4.11. The van der Waals surface area contributed by atoms with Gasteiger partial charge in [0.05, 0.1) is 11.4 Å². The molecule has 0 saturated carbocycles. The van der Waals surface area contributed by atoms with E-state index in [0.29, 0.717) is 31.2 Å². The summed E-state index contributed by atoms with van der Waals surface area (Å²) in [6.07, 6.45) is 0.585. The monoisotopic (exact) mass is 318 g/mol. The van der Waals surface area contributed by atoms with Crippen LogP contribution in [0.5, 0.6) is 0 Å². The van der Waals surface area contributed by atoms with Gasteiger partial charge in [0.1, 0.15) is 0 Å². The van der Waals surface area contributed by atoms with Gasteiger partial charge in [-0.25, -0.2) is 18.2 Å². The highest BCUT2D eigenvalue weighted by molar-refractivity contribution is 7.89. The van der Waals surface area contributed by atoms with Crippen LogP contribution in [0.3, 0.4) is 0 Å². The largest absolute Gasteiger partial charge is 0.338 e. The average Bonchev–Trinajstić information content (AvgIpc) is 2.79. The quantitative estimate of drug-likeness (QED) is 0.866. The lowest BCUT2D eigenvalue weighted by Gasteiger charge is -2.24. The second-order valence-corrected chi connectivity index (χ2v) is 7.70. The molecule has 0 atom stereocenters. The van der Waals surface area contributed by atoms with Crippen molar-refractivity contribution in [2.45, 2.75) is 26.8 Å². The van der Waals surface area contributed by atoms with Gasteiger partial charge >= 0.3 is 6.03 Å². The van der Waals surface area contributed by atoms with Gasteiger partial charge in [0, 0.05) is 30.9 Å². The van der Waals surface area contributed by atoms with Gasteiger partial charge in [0.25, 0.3) is 0 Å². The first kappa shape index (κ1) is 15.2. The third-order valence-electron chi connectivity index (χ3n) is 3.01. The summed E-state index contributed by atoms with van der Waals surface area (Å²) < 4.78 is 25.2. The number of carbonyl (C=O) groups is 1. The molecule has 1 aliphatic heterocycles. The lowest BCUT2D eigenvalue weighted by molar-refractivity contribution is 0.252. The zero-order valence-corrected chi connectivity index (χ0v) is 13.1. The maximum atomic E-state index is 11.9. The van der Waals surface area contributed by atoms with Crippen molar-refractivity contribution < 1.29 is 13.2 Å². The Morgan fingerprint density at radius 1 is 1.45 bits per heavy atom. The van der Waals surface area contributed by atoms with E-state index in [0.717, 1.165) is 10.6 Å². The van der Waals surface area contributed by atoms with Gasteiger partial charge in [0.2, 0.25) is 10.0 Å². The number of hydrogen-bond donors (Lipinski definition) is 2. The number of thiazole rings is 1. The maximum Gasteiger partial charge on any atom is 0.321 e. The molecule has 2 N–H and O–H groups in total. The second kappa shape index (κ2) is 6.06. The van der Waals surface area contributed by atoms with E-state index in [2.05, 4.69) is 15.6 Å². The minimum absolute atomic E-state index is 0.102. The SMILES string of the molecule is CCNC(=O)Nc1nc2c(s1)CN(S(=O)(=O)CC)CC2. The first-order valence-corrected chi connectivity index (χ1v) is 8.90. The van der Waals surface area contributed by atoms with Crippen LogP contribution >= 0.6 is 11.3 Å². The van der Waals surface area contributed by atoms with E-state index in [1.165, 1.54) is 15.6 Å². The zero-order valence-electron chi connectivity index (χ0n) is 11.5. The molecule has 0 fully saturated rings. The molecule has 20 heavy (non-hydrogen) atoms. The molecule has 2 heterocycles. The Balaban J connectivity index is 2.10. The lowest BCUT2D eigenvalue weighted by Crippen LogP contribution is -2.36. The molecule has 1 aromatic heterocycles. The first-order chi connectivity index (χ1) is 9.46. The van der Waals surface area contributed by atoms with Crippen molar-refractivity contribution in [1.82, 2.24) is 14.6 Å². The van der Waals surface area contributed by atoms with Crippen molar-refractivity contribution >= 4 is 32.5 Å². The van der Waals surface area contributed by atoms with E-state index in [1.54, 1.807) is 6.92 Å². The molecule has 0 unspecified atom stereocenters. The molecule has 1 aromatic rings. The number of nitrogens with zero attached hydrogens (tertiary/aromatic N) is 2. The van der Waals surface area contributed by atoms with Crippen LogP contribution in [0.15, 0.2) is 0 Å². The smallest absolute Gasteiger partial charge is 0.321 e. The van der Waals surface area contributed by atoms with Crippen molar-refractivity contribution in [2.24, 2.45) is 0 Å². The van der Waals surface area contributed by atoms with Crippen molar-refractivity contribution in [2.75, 3.05) is 24.2 Å². The summed E-state index contributed by atoms with van der Waals surface area (Å²) in [5.41, 5.74) is 0.879. The molecule has 0 spiro atoms. The fraction of sp³-hybridized carbons (Fsp3) is 0.636. The summed E-state index contributed by atoms with van der Waals surface area (Å²) in [5, 5.41) is 5.79. The molecule has 112 valence electrons. The standard InChI is InChI=1S/C11H18N4O3S2/c1-3-12-10(16)14-11-13-8-5-6-15(7-9(8)19-11)20(17,18)4-2/h3-7H2,1-2H3,(H2,12,13,14,16). The number of nitrogens with one attached hydrogen (secondary N) is 2. The zero-order chi connectivity index (χ0) is 14.8. The number of anilines is 1. The Morgan fingerprint density at radius 3 is 2.85 bits per heavy atom. The number of hydrogen-bond acceptors (Lipinski definition) is 5. The molecular formula is C11H18N4O3S2. The second-order valence-electron chi connectivity index (χ2n) is 4.36. The van der Waals surface area contributed by atoms with Crippen molar-refractivity contribution in [3.63, 3.8) is 0 Å². The van der Waals surface area contributed by atoms with E-state index in [-0.39, 0.29) is 11.8 Å². The summed E-state index contributed by atoms with van der Waals surface area (Å²) in [4.78, 5) is 16.7. The highest BCUT2D eigenvalue weighted by atomic mass is 32.2. The summed E-state index contributed by atoms with van der Waals surface area (Å²) >= 11 is 1.33. The number of fused-ring (bicyclic) bond motifs is 1. The Labute approximate surface area is 122 Å². The average molecular weight is 318 g/mol. The molecule has 0 saturated heterocycles. The topological polar surface area (TPSA) is 91.4 Å². The van der Waals surface area contributed by atoms with E-state index < -0.39 is 10.0 Å². The van der Waals surface area contributed by atoms with Gasteiger partial charge in [0.15, 0.2) is 5.13 Å². The molecule has 9 heteroatoms. The van der Waals surface area contributed by atoms with Gasteiger partial charge in [-0.05, 0) is 13.8 Å². The van der Waals surface area contributed by atoms with Crippen molar-refractivity contribution in [1.29, 1.82) is 0 Å². The maximum absolute atomic E-state index is 11.9. The van der Waals surface area contributed by atoms with Gasteiger partial charge in [-0.1, -0.05) is 11.3 Å². The van der Waals surface area contributed by atoms with Crippen LogP contribution in [0.1, 0.15) is 24.4 Å². The van der Waals surface area contributed by atoms with Crippen molar-refractivity contribution in [3.05, 3.63) is 10.6 Å². The first-order valence-electron chi connectivity index (χ1n) is 6.47. The highest BCUT2D eigenvalue weighted by Gasteiger charge is 2.28. The van der Waals surface area contributed by atoms with Gasteiger partial charge in [-0.2, -0.15) is 4.31 Å². The minimum Gasteiger partial charge on any atom is -0.338 e. The molecule has 7 nitrogen and oxygen atoms in total. The molecule has 0 aromatic carbocycles. The Bertz CT molecular complexity index is 597. The predicted octanol–water partition coefficient (Wildman–Crippen LogP) is 0.992. The van der Waals surface area contributed by atoms with Gasteiger partial charge in [-0.15, -0.1) is 0 Å². The third-order valence-corrected chi connectivity index (χ3v) is 5.84. The summed E-state index contributed by atoms with van der Waals surface area (Å²) in [7, 11) is -3.17. The van der Waals surface area contributed by atoms with Gasteiger partial charge in [-0.3, -0.25) is 5.32 Å². The number of carbonyl (C=O) groups excluding carboxylic acids is 1. The number of aromatic nitrogens is 1. The molecule has 0 bridgehead atoms. The van der Waals surface area contributed by atoms with Crippen molar-refractivity contribution in [3.8, 4) is 0 Å². The Morgan fingerprint density at radius 2 is 2.20 bits per heavy atom. The number of amides is 2. The number of sulfonamides is 1. The third kappa shape index (κ3) is 3.28. The molecule has 2 rings (SSSR count). The molecule has 2 amide bonds. The predicted molar refractivity (Wildman–Crippen MR) is 78.4 cm³/mol. The minimum atomic E-state index is -3.17. The molecule has 0 radical (unpaired) electrons. The number of rotatable bonds is 4. The fourth-order valence-electron chi connectivity index (χ4n) is 1.95. The van der Waals surface area contributed by atoms with Crippen LogP contribution in [-0.2, 0) is 23.0 Å². The molecule has 1 aliphatic rings. The lowest BCUT2D eigenvalue weighted by atomic mass is 10.2. The van der Waals surface area contributed by atoms with E-state index in [9.17, 15) is 13.2 Å². The summed E-state index contributed by atoms with van der Waals surface area (Å²) in [6.45, 7) is 4.81. The van der Waals surface area contributed by atoms with Crippen LogP contribution in [-0.4, -0.2) is 42.6 Å². The molecular weight excluding hydrogens is 300 g/mol. The Hall–Kier alpha value is -1.19. The normalized spacial score (nSPS) is 15.7. The van der Waals surface area contributed by atoms with Crippen LogP contribution in [0.25, 0.3) is 0 Å². The van der Waals surface area contributed by atoms with E-state index >= 15 is 0 Å².